The van der Waals surface area contributed by atoms with E-state index in [1.807, 2.05) is 0 Å². The molecular formula is C77H150O17P2. The van der Waals surface area contributed by atoms with Crippen LogP contribution in [0.4, 0.5) is 0 Å². The van der Waals surface area contributed by atoms with Crippen LogP contribution in [0.15, 0.2) is 0 Å². The number of esters is 4. The number of phosphoric acid groups is 2. The minimum Gasteiger partial charge on any atom is -0.462 e. The molecule has 0 amide bonds. The average molecular weight is 1410 g/mol. The third-order valence-electron chi connectivity index (χ3n) is 18.0. The van der Waals surface area contributed by atoms with Gasteiger partial charge >= 0.3 is 39.5 Å². The fraction of sp³-hybridized carbons (Fsp3) is 0.948. The molecule has 0 rings (SSSR count). The molecule has 0 saturated heterocycles. The summed E-state index contributed by atoms with van der Waals surface area (Å²) in [5.41, 5.74) is 0. The van der Waals surface area contributed by atoms with Gasteiger partial charge in [-0.3, -0.25) is 37.3 Å². The normalized spacial score (nSPS) is 13.9. The van der Waals surface area contributed by atoms with Gasteiger partial charge in [0.1, 0.15) is 19.3 Å². The van der Waals surface area contributed by atoms with Gasteiger partial charge in [0.2, 0.25) is 0 Å². The van der Waals surface area contributed by atoms with E-state index in [0.717, 1.165) is 95.8 Å². The van der Waals surface area contributed by atoms with Crippen LogP contribution >= 0.6 is 15.6 Å². The molecule has 19 heteroatoms. The van der Waals surface area contributed by atoms with Gasteiger partial charge in [0, 0.05) is 25.7 Å². The van der Waals surface area contributed by atoms with E-state index in [2.05, 4.69) is 34.6 Å². The zero-order chi connectivity index (χ0) is 70.5. The van der Waals surface area contributed by atoms with Gasteiger partial charge in [-0.15, -0.1) is 0 Å². The lowest BCUT2D eigenvalue weighted by Gasteiger charge is -2.21. The zero-order valence-corrected chi connectivity index (χ0v) is 64.3. The van der Waals surface area contributed by atoms with Gasteiger partial charge in [-0.25, -0.2) is 9.13 Å². The fourth-order valence-electron chi connectivity index (χ4n) is 11.9. The minimum atomic E-state index is -4.96. The van der Waals surface area contributed by atoms with Gasteiger partial charge in [-0.05, 0) is 31.6 Å². The SMILES string of the molecule is CCCCCCCCCCCCCCCCCCCC(=O)O[C@H](COC(=O)CCCCCCCCCCCCCC(C)C)COP(=O)(O)OC[C@@H](O)COP(=O)(O)OC[C@@H](COC(=O)CCCCCCCCCCCCC)OC(=O)CCCCCCCCCCCCCCCC. The molecule has 5 atom stereocenters. The Morgan fingerprint density at radius 2 is 0.479 bits per heavy atom. The Hall–Kier alpha value is -1.94. The summed E-state index contributed by atoms with van der Waals surface area (Å²) in [4.78, 5) is 72.9. The Morgan fingerprint density at radius 1 is 0.281 bits per heavy atom. The van der Waals surface area contributed by atoms with Gasteiger partial charge < -0.3 is 33.8 Å². The van der Waals surface area contributed by atoms with Gasteiger partial charge in [0.05, 0.1) is 26.4 Å². The van der Waals surface area contributed by atoms with E-state index in [9.17, 15) is 43.2 Å². The van der Waals surface area contributed by atoms with Crippen molar-refractivity contribution in [3.63, 3.8) is 0 Å². The molecule has 0 aromatic heterocycles. The van der Waals surface area contributed by atoms with Crippen molar-refractivity contribution in [2.45, 2.75) is 425 Å². The number of hydrogen-bond donors (Lipinski definition) is 3. The smallest absolute Gasteiger partial charge is 0.462 e. The molecule has 0 aromatic rings. The van der Waals surface area contributed by atoms with Gasteiger partial charge in [0.15, 0.2) is 12.2 Å². The van der Waals surface area contributed by atoms with Crippen LogP contribution in [0.5, 0.6) is 0 Å². The molecule has 0 aliphatic rings. The molecule has 0 radical (unpaired) electrons. The lowest BCUT2D eigenvalue weighted by Crippen LogP contribution is -2.30. The van der Waals surface area contributed by atoms with Crippen LogP contribution in [-0.4, -0.2) is 96.7 Å². The van der Waals surface area contributed by atoms with Crippen molar-refractivity contribution >= 4 is 39.5 Å². The molecule has 570 valence electrons. The van der Waals surface area contributed by atoms with Crippen LogP contribution in [0.2, 0.25) is 0 Å². The molecule has 3 N–H and O–H groups in total. The fourth-order valence-corrected chi connectivity index (χ4v) is 13.5. The second-order valence-electron chi connectivity index (χ2n) is 28.2. The first-order valence-electron chi connectivity index (χ1n) is 40.1. The van der Waals surface area contributed by atoms with Crippen LogP contribution in [-0.2, 0) is 65.4 Å². The maximum atomic E-state index is 13.1. The highest BCUT2D eigenvalue weighted by molar-refractivity contribution is 7.47. The van der Waals surface area contributed by atoms with E-state index in [4.69, 9.17) is 37.0 Å². The van der Waals surface area contributed by atoms with Crippen molar-refractivity contribution < 1.29 is 80.2 Å². The summed E-state index contributed by atoms with van der Waals surface area (Å²) >= 11 is 0. The Balaban J connectivity index is 5.25. The maximum Gasteiger partial charge on any atom is 0.472 e. The molecule has 2 unspecified atom stereocenters. The maximum absolute atomic E-state index is 13.1. The van der Waals surface area contributed by atoms with Gasteiger partial charge in [0.25, 0.3) is 0 Å². The van der Waals surface area contributed by atoms with Crippen molar-refractivity contribution in [1.29, 1.82) is 0 Å². The number of carbonyl (C=O) groups is 4. The van der Waals surface area contributed by atoms with Crippen LogP contribution in [0.3, 0.4) is 0 Å². The predicted molar refractivity (Wildman–Crippen MR) is 391 cm³/mol. The van der Waals surface area contributed by atoms with E-state index >= 15 is 0 Å². The first-order chi connectivity index (χ1) is 46.5. The topological polar surface area (TPSA) is 237 Å². The molecule has 0 bridgehead atoms. The molecule has 0 fully saturated rings. The number of aliphatic hydroxyl groups excluding tert-OH is 1. The molecule has 96 heavy (non-hydrogen) atoms. The molecule has 0 aromatic carbocycles. The molecule has 0 aliphatic carbocycles. The monoisotopic (exact) mass is 1410 g/mol. The predicted octanol–water partition coefficient (Wildman–Crippen LogP) is 22.9. The largest absolute Gasteiger partial charge is 0.472 e. The van der Waals surface area contributed by atoms with Crippen molar-refractivity contribution in [3.05, 3.63) is 0 Å². The highest BCUT2D eigenvalue weighted by Crippen LogP contribution is 2.45. The van der Waals surface area contributed by atoms with Crippen LogP contribution < -0.4 is 0 Å². The summed E-state index contributed by atoms with van der Waals surface area (Å²) in [5.74, 6) is -1.34. The lowest BCUT2D eigenvalue weighted by atomic mass is 10.0. The van der Waals surface area contributed by atoms with E-state index in [1.165, 1.54) is 231 Å². The summed E-state index contributed by atoms with van der Waals surface area (Å²) in [6, 6.07) is 0. The zero-order valence-electron chi connectivity index (χ0n) is 62.5. The first-order valence-corrected chi connectivity index (χ1v) is 43.1. The van der Waals surface area contributed by atoms with Crippen LogP contribution in [0.25, 0.3) is 0 Å². The van der Waals surface area contributed by atoms with Crippen LogP contribution in [0, 0.1) is 5.92 Å². The average Bonchev–Trinajstić information content (AvgIpc) is 1.93. The number of carbonyl (C=O) groups excluding carboxylic acids is 4. The summed E-state index contributed by atoms with van der Waals surface area (Å²) in [5, 5.41) is 10.6. The van der Waals surface area contributed by atoms with E-state index in [1.54, 1.807) is 0 Å². The summed E-state index contributed by atoms with van der Waals surface area (Å²) < 4.78 is 68.6. The highest BCUT2D eigenvalue weighted by Gasteiger charge is 2.30. The first kappa shape index (κ1) is 94.1. The number of phosphoric ester groups is 2. The van der Waals surface area contributed by atoms with Crippen molar-refractivity contribution in [3.8, 4) is 0 Å². The van der Waals surface area contributed by atoms with Gasteiger partial charge in [-0.1, -0.05) is 356 Å². The quantitative estimate of drug-likeness (QED) is 0.0222. The highest BCUT2D eigenvalue weighted by atomic mass is 31.2. The summed E-state index contributed by atoms with van der Waals surface area (Å²) in [6.07, 6.45) is 59.4. The Bertz CT molecular complexity index is 1840. The number of rotatable bonds is 77. The Morgan fingerprint density at radius 3 is 0.708 bits per heavy atom. The van der Waals surface area contributed by atoms with Crippen molar-refractivity contribution in [2.24, 2.45) is 5.92 Å². The second-order valence-corrected chi connectivity index (χ2v) is 31.1. The second kappa shape index (κ2) is 70.1. The summed E-state index contributed by atoms with van der Waals surface area (Å²) in [7, 11) is -9.91. The molecule has 17 nitrogen and oxygen atoms in total. The molecule has 0 aliphatic heterocycles. The number of unbranched alkanes of at least 4 members (excludes halogenated alkanes) is 49. The van der Waals surface area contributed by atoms with Crippen molar-refractivity contribution in [2.75, 3.05) is 39.6 Å². The molecule has 0 spiro atoms. The van der Waals surface area contributed by atoms with E-state index in [-0.39, 0.29) is 25.7 Å². The third kappa shape index (κ3) is 70.5. The minimum absolute atomic E-state index is 0.108. The van der Waals surface area contributed by atoms with E-state index in [0.29, 0.717) is 25.7 Å². The van der Waals surface area contributed by atoms with Crippen molar-refractivity contribution in [1.82, 2.24) is 0 Å². The lowest BCUT2D eigenvalue weighted by molar-refractivity contribution is -0.161. The van der Waals surface area contributed by atoms with E-state index < -0.39 is 97.5 Å². The Kier molecular flexibility index (Phi) is 68.7. The third-order valence-corrected chi connectivity index (χ3v) is 19.9. The molecule has 0 heterocycles. The number of ether oxygens (including phenoxy) is 4. The molecule has 0 saturated carbocycles. The standard InChI is InChI=1S/C77H150O17P2/c1-6-9-12-15-18-21-24-26-28-29-30-32-37-43-48-53-58-63-77(82)94-73(67-88-75(80)61-56-51-46-41-38-33-35-39-44-49-54-59-70(4)5)69-92-96(85,86)90-65-71(78)64-89-95(83,84)91-68-72(66-87-74(79)60-55-50-45-40-34-23-20-17-14-11-8-3)93-76(81)62-57-52-47-42-36-31-27-25-22-19-16-13-10-7-2/h70-73,78H,6-69H2,1-5H3,(H,83,84)(H,85,86)/t71-,72+,73+/m0/s1. The van der Waals surface area contributed by atoms with Gasteiger partial charge in [-0.2, -0.15) is 0 Å². The number of aliphatic hydroxyl groups is 1. The molecular weight excluding hydrogens is 1260 g/mol. The Labute approximate surface area is 588 Å². The van der Waals surface area contributed by atoms with Crippen LogP contribution in [0.1, 0.15) is 407 Å². The number of hydrogen-bond acceptors (Lipinski definition) is 15. The summed E-state index contributed by atoms with van der Waals surface area (Å²) in [6.45, 7) is 7.31.